The predicted octanol–water partition coefficient (Wildman–Crippen LogP) is 9.01. The number of nitrogens with zero attached hydrogens (tertiary/aromatic N) is 5. The summed E-state index contributed by atoms with van der Waals surface area (Å²) in [6.45, 7) is 7.84. The lowest BCUT2D eigenvalue weighted by molar-refractivity contribution is 0.445. The molecule has 5 rings (SSSR count). The van der Waals surface area contributed by atoms with Gasteiger partial charge in [-0.1, -0.05) is 32.0 Å². The zero-order chi connectivity index (χ0) is 34.6. The van der Waals surface area contributed by atoms with Crippen LogP contribution >= 0.6 is 0 Å². The van der Waals surface area contributed by atoms with Gasteiger partial charge in [-0.25, -0.2) is 8.42 Å². The van der Waals surface area contributed by atoms with Crippen LogP contribution in [0.15, 0.2) is 121 Å². The number of sulfonamides is 1. The van der Waals surface area contributed by atoms with Crippen LogP contribution in [0.3, 0.4) is 0 Å². The molecule has 0 amide bonds. The fourth-order valence-corrected chi connectivity index (χ4v) is 7.14. The van der Waals surface area contributed by atoms with Crippen molar-refractivity contribution in [2.75, 3.05) is 18.4 Å². The lowest BCUT2D eigenvalue weighted by Crippen LogP contribution is -2.30. The molecular formula is C34H34N6O6S2. The smallest absolute Gasteiger partial charge is 0.296 e. The first-order chi connectivity index (χ1) is 22.8. The minimum atomic E-state index is -4.80. The fraction of sp³-hybridized carbons (Fsp3) is 0.176. The average molecular weight is 687 g/mol. The summed E-state index contributed by atoms with van der Waals surface area (Å²) >= 11 is 0. The van der Waals surface area contributed by atoms with Crippen LogP contribution in [0.5, 0.6) is 5.75 Å². The Morgan fingerprint density at radius 1 is 0.708 bits per heavy atom. The summed E-state index contributed by atoms with van der Waals surface area (Å²) in [6.07, 6.45) is 0. The standard InChI is InChI=1S/C34H34N6O6S2/c1-5-40(6-2)47(42,43)28-15-12-26(13-16-28)36-37-30-18-23(4)31(19-22(30)3)38-39-33-32(48(44,45)46)21-24-20-27(14-17-29(24)34(33)41)35-25-10-8-7-9-11-25/h7-21,35,41H,5-6H2,1-4H3,(H,44,45,46). The van der Waals surface area contributed by atoms with Crippen molar-refractivity contribution in [1.82, 2.24) is 4.31 Å². The molecule has 248 valence electrons. The number of phenolic OH excluding ortho intramolecular Hbond substituents is 1. The number of para-hydroxylation sites is 1. The Labute approximate surface area is 279 Å². The number of azo groups is 2. The molecule has 0 aliphatic carbocycles. The molecule has 0 heterocycles. The van der Waals surface area contributed by atoms with Crippen LogP contribution in [-0.4, -0.2) is 43.9 Å². The second-order valence-corrected chi connectivity index (χ2v) is 14.2. The molecule has 0 unspecified atom stereocenters. The number of fused-ring (bicyclic) bond motifs is 1. The van der Waals surface area contributed by atoms with Crippen LogP contribution in [0.25, 0.3) is 10.8 Å². The topological polar surface area (TPSA) is 173 Å². The van der Waals surface area contributed by atoms with Gasteiger partial charge in [-0.05, 0) is 103 Å². The van der Waals surface area contributed by atoms with Gasteiger partial charge >= 0.3 is 0 Å². The molecule has 48 heavy (non-hydrogen) atoms. The third-order valence-electron chi connectivity index (χ3n) is 7.62. The van der Waals surface area contributed by atoms with Crippen molar-refractivity contribution < 1.29 is 26.5 Å². The Bertz CT molecular complexity index is 2250. The van der Waals surface area contributed by atoms with E-state index in [4.69, 9.17) is 0 Å². The molecule has 0 fully saturated rings. The molecule has 0 atom stereocenters. The van der Waals surface area contributed by atoms with Crippen molar-refractivity contribution in [3.63, 3.8) is 0 Å². The number of rotatable bonds is 11. The van der Waals surface area contributed by atoms with Crippen LogP contribution in [0.1, 0.15) is 25.0 Å². The summed E-state index contributed by atoms with van der Waals surface area (Å²) in [5, 5.41) is 31.8. The van der Waals surface area contributed by atoms with E-state index < -0.39 is 36.5 Å². The predicted molar refractivity (Wildman–Crippen MR) is 186 cm³/mol. The minimum Gasteiger partial charge on any atom is -0.505 e. The van der Waals surface area contributed by atoms with Gasteiger partial charge in [0.1, 0.15) is 10.6 Å². The first-order valence-corrected chi connectivity index (χ1v) is 17.8. The molecule has 0 spiro atoms. The minimum absolute atomic E-state index is 0.173. The molecule has 0 radical (unpaired) electrons. The maximum Gasteiger partial charge on any atom is 0.296 e. The van der Waals surface area contributed by atoms with Gasteiger partial charge in [0.25, 0.3) is 10.1 Å². The lowest BCUT2D eigenvalue weighted by atomic mass is 10.1. The largest absolute Gasteiger partial charge is 0.505 e. The molecule has 0 aromatic heterocycles. The molecule has 0 saturated carbocycles. The van der Waals surface area contributed by atoms with E-state index in [0.717, 1.165) is 5.69 Å². The summed E-state index contributed by atoms with van der Waals surface area (Å²) in [6, 6.07) is 25.2. The van der Waals surface area contributed by atoms with Crippen LogP contribution in [0, 0.1) is 13.8 Å². The molecule has 14 heteroatoms. The second-order valence-electron chi connectivity index (χ2n) is 10.9. The van der Waals surface area contributed by atoms with Gasteiger partial charge in [0, 0.05) is 29.9 Å². The monoisotopic (exact) mass is 686 g/mol. The number of hydrogen-bond acceptors (Lipinski definition) is 10. The molecule has 0 bridgehead atoms. The highest BCUT2D eigenvalue weighted by molar-refractivity contribution is 7.89. The number of aromatic hydroxyl groups is 1. The van der Waals surface area contributed by atoms with Crippen molar-refractivity contribution in [2.45, 2.75) is 37.5 Å². The van der Waals surface area contributed by atoms with Crippen molar-refractivity contribution >= 4 is 65.0 Å². The summed E-state index contributed by atoms with van der Waals surface area (Å²) in [5.41, 5.74) is 3.73. The van der Waals surface area contributed by atoms with Gasteiger partial charge in [-0.3, -0.25) is 4.55 Å². The van der Waals surface area contributed by atoms with Crippen molar-refractivity contribution in [3.05, 3.63) is 102 Å². The number of hydrogen-bond donors (Lipinski definition) is 3. The fourth-order valence-electron chi connectivity index (χ4n) is 5.02. The second kappa shape index (κ2) is 14.0. The van der Waals surface area contributed by atoms with E-state index in [2.05, 4.69) is 25.8 Å². The van der Waals surface area contributed by atoms with Crippen molar-refractivity contribution in [2.24, 2.45) is 20.5 Å². The zero-order valence-corrected chi connectivity index (χ0v) is 28.3. The summed E-state index contributed by atoms with van der Waals surface area (Å²) in [4.78, 5) is -0.421. The molecule has 5 aromatic carbocycles. The molecule has 5 aromatic rings. The Morgan fingerprint density at radius 2 is 1.31 bits per heavy atom. The van der Waals surface area contributed by atoms with E-state index in [1.54, 1.807) is 70.2 Å². The molecule has 0 aliphatic rings. The van der Waals surface area contributed by atoms with Crippen molar-refractivity contribution in [1.29, 1.82) is 0 Å². The first-order valence-electron chi connectivity index (χ1n) is 15.0. The highest BCUT2D eigenvalue weighted by atomic mass is 32.2. The Kier molecular flexibility index (Phi) is 10.0. The van der Waals surface area contributed by atoms with Gasteiger partial charge in [0.15, 0.2) is 5.75 Å². The Morgan fingerprint density at radius 3 is 1.90 bits per heavy atom. The van der Waals surface area contributed by atoms with E-state index in [0.29, 0.717) is 57.7 Å². The summed E-state index contributed by atoms with van der Waals surface area (Å²) < 4.78 is 61.7. The molecule has 0 saturated heterocycles. The highest BCUT2D eigenvalue weighted by Crippen LogP contribution is 2.43. The van der Waals surface area contributed by atoms with Crippen LogP contribution in [-0.2, 0) is 20.1 Å². The Balaban J connectivity index is 1.42. The Hall–Kier alpha value is -5.02. The van der Waals surface area contributed by atoms with Crippen molar-refractivity contribution in [3.8, 4) is 5.75 Å². The number of phenols is 1. The maximum atomic E-state index is 12.8. The number of benzene rings is 5. The number of aryl methyl sites for hydroxylation is 2. The third-order valence-corrected chi connectivity index (χ3v) is 10.5. The van der Waals surface area contributed by atoms with E-state index in [1.165, 1.54) is 22.5 Å². The van der Waals surface area contributed by atoms with Crippen LogP contribution < -0.4 is 5.32 Å². The molecule has 0 aliphatic heterocycles. The summed E-state index contributed by atoms with van der Waals surface area (Å²) in [7, 11) is -8.39. The molecule has 12 nitrogen and oxygen atoms in total. The van der Waals surface area contributed by atoms with E-state index in [9.17, 15) is 26.5 Å². The van der Waals surface area contributed by atoms with Crippen LogP contribution in [0.4, 0.5) is 34.1 Å². The van der Waals surface area contributed by atoms with Gasteiger partial charge < -0.3 is 10.4 Å². The van der Waals surface area contributed by atoms with Gasteiger partial charge in [-0.15, -0.1) is 5.11 Å². The van der Waals surface area contributed by atoms with Gasteiger partial charge in [0.2, 0.25) is 10.0 Å². The maximum absolute atomic E-state index is 12.8. The number of nitrogens with one attached hydrogen (secondary N) is 1. The molecular weight excluding hydrogens is 653 g/mol. The first kappa shape index (κ1) is 34.3. The zero-order valence-electron chi connectivity index (χ0n) is 26.7. The normalized spacial score (nSPS) is 12.5. The van der Waals surface area contributed by atoms with E-state index in [-0.39, 0.29) is 4.90 Å². The lowest BCUT2D eigenvalue weighted by Gasteiger charge is -2.18. The quantitative estimate of drug-likeness (QED) is 0.0918. The van der Waals surface area contributed by atoms with Gasteiger partial charge in [0.05, 0.1) is 22.0 Å². The molecule has 3 N–H and O–H groups in total. The summed E-state index contributed by atoms with van der Waals surface area (Å²) in [5.74, 6) is -0.453. The number of anilines is 2. The van der Waals surface area contributed by atoms with Crippen LogP contribution in [0.2, 0.25) is 0 Å². The highest BCUT2D eigenvalue weighted by Gasteiger charge is 2.23. The van der Waals surface area contributed by atoms with E-state index >= 15 is 0 Å². The van der Waals surface area contributed by atoms with Gasteiger partial charge in [-0.2, -0.15) is 28.1 Å². The third kappa shape index (κ3) is 7.42. The van der Waals surface area contributed by atoms with E-state index in [1.807, 2.05) is 30.3 Å². The SMILES string of the molecule is CCN(CC)S(=O)(=O)c1ccc(N=Nc2cc(C)c(N=Nc3c(S(=O)(=O)O)cc4cc(Nc5ccccc5)ccc4c3O)cc2C)cc1. The average Bonchev–Trinajstić information content (AvgIpc) is 3.05.